The SMILES string of the molecule is CCCNC(=O)C(C)S(=O)c1ccccc1F. The van der Waals surface area contributed by atoms with E-state index >= 15 is 0 Å². The number of benzene rings is 1. The van der Waals surface area contributed by atoms with Crippen LogP contribution in [0.2, 0.25) is 0 Å². The smallest absolute Gasteiger partial charge is 0.235 e. The van der Waals surface area contributed by atoms with Crippen LogP contribution in [0.15, 0.2) is 29.2 Å². The molecule has 0 heterocycles. The second kappa shape index (κ2) is 6.49. The maximum atomic E-state index is 13.4. The molecule has 0 saturated carbocycles. The molecule has 2 atom stereocenters. The molecule has 0 aliphatic heterocycles. The monoisotopic (exact) mass is 257 g/mol. The van der Waals surface area contributed by atoms with Crippen molar-refractivity contribution in [3.05, 3.63) is 30.1 Å². The molecule has 0 fully saturated rings. The van der Waals surface area contributed by atoms with Gasteiger partial charge >= 0.3 is 0 Å². The van der Waals surface area contributed by atoms with Crippen molar-refractivity contribution in [2.24, 2.45) is 0 Å². The summed E-state index contributed by atoms with van der Waals surface area (Å²) >= 11 is 0. The Kier molecular flexibility index (Phi) is 5.28. The maximum absolute atomic E-state index is 13.4. The molecule has 0 aliphatic rings. The Labute approximate surface area is 103 Å². The van der Waals surface area contributed by atoms with Crippen molar-refractivity contribution in [3.8, 4) is 0 Å². The van der Waals surface area contributed by atoms with E-state index in [1.54, 1.807) is 6.07 Å². The third-order valence-electron chi connectivity index (χ3n) is 2.29. The Morgan fingerprint density at radius 3 is 2.71 bits per heavy atom. The number of amides is 1. The molecule has 0 spiro atoms. The van der Waals surface area contributed by atoms with Crippen LogP contribution in [0.1, 0.15) is 20.3 Å². The highest BCUT2D eigenvalue weighted by Crippen LogP contribution is 2.15. The largest absolute Gasteiger partial charge is 0.355 e. The zero-order valence-electron chi connectivity index (χ0n) is 9.90. The van der Waals surface area contributed by atoms with E-state index < -0.39 is 21.9 Å². The fourth-order valence-electron chi connectivity index (χ4n) is 1.29. The Hall–Kier alpha value is -1.23. The molecular weight excluding hydrogens is 241 g/mol. The number of halogens is 1. The van der Waals surface area contributed by atoms with Crippen LogP contribution >= 0.6 is 0 Å². The Morgan fingerprint density at radius 1 is 1.47 bits per heavy atom. The number of carbonyl (C=O) groups excluding carboxylic acids is 1. The minimum Gasteiger partial charge on any atom is -0.355 e. The van der Waals surface area contributed by atoms with Gasteiger partial charge in [0.2, 0.25) is 5.91 Å². The van der Waals surface area contributed by atoms with Crippen molar-refractivity contribution >= 4 is 16.7 Å². The summed E-state index contributed by atoms with van der Waals surface area (Å²) in [7, 11) is -1.66. The highest BCUT2D eigenvalue weighted by atomic mass is 32.2. The molecule has 0 aliphatic carbocycles. The minimum atomic E-state index is -1.66. The van der Waals surface area contributed by atoms with E-state index in [0.29, 0.717) is 6.54 Å². The van der Waals surface area contributed by atoms with Crippen LogP contribution in [0.4, 0.5) is 4.39 Å². The molecule has 0 bridgehead atoms. The van der Waals surface area contributed by atoms with E-state index in [9.17, 15) is 13.4 Å². The van der Waals surface area contributed by atoms with Crippen molar-refractivity contribution in [1.29, 1.82) is 0 Å². The second-order valence-electron chi connectivity index (χ2n) is 3.66. The van der Waals surface area contributed by atoms with Crippen LogP contribution in [-0.4, -0.2) is 21.9 Å². The highest BCUT2D eigenvalue weighted by molar-refractivity contribution is 7.86. The van der Waals surface area contributed by atoms with Gasteiger partial charge in [-0.1, -0.05) is 19.1 Å². The third-order valence-corrected chi connectivity index (χ3v) is 3.91. The number of carbonyl (C=O) groups is 1. The quantitative estimate of drug-likeness (QED) is 0.875. The molecule has 5 heteroatoms. The Morgan fingerprint density at radius 2 is 2.12 bits per heavy atom. The fourth-order valence-corrected chi connectivity index (χ4v) is 2.42. The Bertz CT molecular complexity index is 423. The first-order chi connectivity index (χ1) is 8.07. The molecular formula is C12H16FNO2S. The summed E-state index contributed by atoms with van der Waals surface area (Å²) < 4.78 is 25.4. The topological polar surface area (TPSA) is 46.2 Å². The average molecular weight is 257 g/mol. The predicted molar refractivity (Wildman–Crippen MR) is 65.6 cm³/mol. The molecule has 3 nitrogen and oxygen atoms in total. The van der Waals surface area contributed by atoms with E-state index in [4.69, 9.17) is 0 Å². The number of hydrogen-bond donors (Lipinski definition) is 1. The van der Waals surface area contributed by atoms with Gasteiger partial charge < -0.3 is 5.32 Å². The first-order valence-corrected chi connectivity index (χ1v) is 6.72. The van der Waals surface area contributed by atoms with Crippen molar-refractivity contribution in [2.75, 3.05) is 6.54 Å². The van der Waals surface area contributed by atoms with E-state index in [1.807, 2.05) is 6.92 Å². The van der Waals surface area contributed by atoms with Gasteiger partial charge in [0.05, 0.1) is 15.7 Å². The van der Waals surface area contributed by atoms with Gasteiger partial charge in [-0.05, 0) is 25.5 Å². The van der Waals surface area contributed by atoms with Gasteiger partial charge in [0.25, 0.3) is 0 Å². The molecule has 0 aromatic heterocycles. The van der Waals surface area contributed by atoms with E-state index in [-0.39, 0.29) is 10.8 Å². The lowest BCUT2D eigenvalue weighted by Crippen LogP contribution is -2.36. The van der Waals surface area contributed by atoms with Gasteiger partial charge in [-0.3, -0.25) is 9.00 Å². The number of nitrogens with one attached hydrogen (secondary N) is 1. The summed E-state index contributed by atoms with van der Waals surface area (Å²) in [6.07, 6.45) is 0.810. The van der Waals surface area contributed by atoms with Crippen molar-refractivity contribution < 1.29 is 13.4 Å². The Balaban J connectivity index is 2.77. The van der Waals surface area contributed by atoms with E-state index in [1.165, 1.54) is 25.1 Å². The van der Waals surface area contributed by atoms with Gasteiger partial charge in [-0.15, -0.1) is 0 Å². The molecule has 2 unspecified atom stereocenters. The molecule has 0 radical (unpaired) electrons. The molecule has 1 N–H and O–H groups in total. The molecule has 1 rings (SSSR count). The molecule has 1 aromatic rings. The summed E-state index contributed by atoms with van der Waals surface area (Å²) in [6, 6.07) is 5.81. The lowest BCUT2D eigenvalue weighted by molar-refractivity contribution is -0.120. The molecule has 1 amide bonds. The summed E-state index contributed by atoms with van der Waals surface area (Å²) in [5.74, 6) is -0.852. The van der Waals surface area contributed by atoms with Crippen LogP contribution in [0.25, 0.3) is 0 Å². The van der Waals surface area contributed by atoms with Crippen molar-refractivity contribution in [1.82, 2.24) is 5.32 Å². The van der Waals surface area contributed by atoms with E-state index in [2.05, 4.69) is 5.32 Å². The summed E-state index contributed by atoms with van der Waals surface area (Å²) in [6.45, 7) is 4.00. The zero-order chi connectivity index (χ0) is 12.8. The van der Waals surface area contributed by atoms with Crippen molar-refractivity contribution in [3.63, 3.8) is 0 Å². The predicted octanol–water partition coefficient (Wildman–Crippen LogP) is 1.85. The molecule has 94 valence electrons. The molecule has 17 heavy (non-hydrogen) atoms. The number of hydrogen-bond acceptors (Lipinski definition) is 2. The van der Waals surface area contributed by atoms with Gasteiger partial charge in [0.1, 0.15) is 11.1 Å². The zero-order valence-corrected chi connectivity index (χ0v) is 10.7. The van der Waals surface area contributed by atoms with Gasteiger partial charge in [-0.2, -0.15) is 0 Å². The summed E-state index contributed by atoms with van der Waals surface area (Å²) in [4.78, 5) is 11.7. The lowest BCUT2D eigenvalue weighted by Gasteiger charge is -2.12. The van der Waals surface area contributed by atoms with E-state index in [0.717, 1.165) is 6.42 Å². The maximum Gasteiger partial charge on any atom is 0.235 e. The number of rotatable bonds is 5. The van der Waals surface area contributed by atoms with Crippen LogP contribution in [-0.2, 0) is 15.6 Å². The second-order valence-corrected chi connectivity index (χ2v) is 5.40. The first-order valence-electron chi connectivity index (χ1n) is 5.50. The van der Waals surface area contributed by atoms with Crippen LogP contribution in [0, 0.1) is 5.82 Å². The molecule has 1 aromatic carbocycles. The normalized spacial score (nSPS) is 14.1. The van der Waals surface area contributed by atoms with Gasteiger partial charge in [0.15, 0.2) is 0 Å². The lowest BCUT2D eigenvalue weighted by atomic mass is 10.3. The summed E-state index contributed by atoms with van der Waals surface area (Å²) in [5, 5.41) is 1.90. The fraction of sp³-hybridized carbons (Fsp3) is 0.417. The van der Waals surface area contributed by atoms with Gasteiger partial charge in [-0.25, -0.2) is 4.39 Å². The average Bonchev–Trinajstić information content (AvgIpc) is 2.34. The first kappa shape index (κ1) is 13.8. The van der Waals surface area contributed by atoms with Crippen LogP contribution in [0.5, 0.6) is 0 Å². The standard InChI is InChI=1S/C12H16FNO2S/c1-3-8-14-12(15)9(2)17(16)11-7-5-4-6-10(11)13/h4-7,9H,3,8H2,1-2H3,(H,14,15). The minimum absolute atomic E-state index is 0.0756. The molecule has 0 saturated heterocycles. The summed E-state index contributed by atoms with van der Waals surface area (Å²) in [5.41, 5.74) is 0. The van der Waals surface area contributed by atoms with Crippen molar-refractivity contribution in [2.45, 2.75) is 30.4 Å². The highest BCUT2D eigenvalue weighted by Gasteiger charge is 2.22. The van der Waals surface area contributed by atoms with Gasteiger partial charge in [0, 0.05) is 6.54 Å². The third kappa shape index (κ3) is 3.63. The van der Waals surface area contributed by atoms with Crippen LogP contribution in [0.3, 0.4) is 0 Å². The van der Waals surface area contributed by atoms with Crippen LogP contribution < -0.4 is 5.32 Å².